The molecular weight excluding hydrogens is 288 g/mol. The second-order valence-electron chi connectivity index (χ2n) is 8.61. The van der Waals surface area contributed by atoms with Crippen molar-refractivity contribution in [1.29, 1.82) is 0 Å². The first-order valence-electron chi connectivity index (χ1n) is 8.47. The van der Waals surface area contributed by atoms with Gasteiger partial charge in [0.25, 0.3) is 0 Å². The lowest BCUT2D eigenvalue weighted by Gasteiger charge is -2.33. The topological polar surface area (TPSA) is 34.6 Å². The zero-order chi connectivity index (χ0) is 17.3. The lowest BCUT2D eigenvalue weighted by molar-refractivity contribution is -0.00776. The number of methoxy groups -OCH3 is 1. The Hall–Kier alpha value is -1.13. The van der Waals surface area contributed by atoms with E-state index in [9.17, 15) is 0 Å². The summed E-state index contributed by atoms with van der Waals surface area (Å²) < 4.78 is 11.4. The standard InChI is InChI=1S/C19H32N2O2/c1-18(2,3)15-11-21(19(4,5)6)12-16(15)23-13-14-8-9-17(22-7)20-10-14/h8-10,15-16H,11-13H2,1-7H3/t15?,16-/m0/s1. The zero-order valence-electron chi connectivity index (χ0n) is 15.7. The third-order valence-electron chi connectivity index (χ3n) is 4.80. The second kappa shape index (κ2) is 6.78. The molecule has 4 nitrogen and oxygen atoms in total. The summed E-state index contributed by atoms with van der Waals surface area (Å²) in [6, 6.07) is 3.91. The first kappa shape index (κ1) is 18.2. The fourth-order valence-corrected chi connectivity index (χ4v) is 3.14. The van der Waals surface area contributed by atoms with Gasteiger partial charge in [-0.2, -0.15) is 0 Å². The van der Waals surface area contributed by atoms with Crippen LogP contribution in [0.1, 0.15) is 47.1 Å². The monoisotopic (exact) mass is 320 g/mol. The van der Waals surface area contributed by atoms with E-state index in [-0.39, 0.29) is 17.1 Å². The minimum absolute atomic E-state index is 0.184. The first-order valence-corrected chi connectivity index (χ1v) is 8.47. The van der Waals surface area contributed by atoms with E-state index in [1.807, 2.05) is 18.3 Å². The largest absolute Gasteiger partial charge is 0.481 e. The van der Waals surface area contributed by atoms with E-state index in [0.717, 1.165) is 18.7 Å². The molecule has 0 saturated carbocycles. The molecule has 4 heteroatoms. The highest BCUT2D eigenvalue weighted by Crippen LogP contribution is 2.38. The van der Waals surface area contributed by atoms with Crippen LogP contribution in [0.2, 0.25) is 0 Å². The highest BCUT2D eigenvalue weighted by molar-refractivity contribution is 5.17. The summed E-state index contributed by atoms with van der Waals surface area (Å²) >= 11 is 0. The van der Waals surface area contributed by atoms with E-state index in [2.05, 4.69) is 51.4 Å². The molecule has 1 aliphatic rings. The molecule has 0 radical (unpaired) electrons. The Morgan fingerprint density at radius 2 is 1.83 bits per heavy atom. The lowest BCUT2D eigenvalue weighted by Crippen LogP contribution is -2.40. The minimum atomic E-state index is 0.184. The van der Waals surface area contributed by atoms with Crippen molar-refractivity contribution in [3.8, 4) is 5.88 Å². The van der Waals surface area contributed by atoms with Crippen LogP contribution in [0.5, 0.6) is 5.88 Å². The molecule has 1 unspecified atom stereocenters. The summed E-state index contributed by atoms with van der Waals surface area (Å²) in [5.41, 5.74) is 1.51. The maximum atomic E-state index is 6.30. The molecule has 1 aromatic heterocycles. The van der Waals surface area contributed by atoms with Gasteiger partial charge in [-0.05, 0) is 37.8 Å². The summed E-state index contributed by atoms with van der Waals surface area (Å²) in [5, 5.41) is 0. The molecule has 0 N–H and O–H groups in total. The number of aromatic nitrogens is 1. The Morgan fingerprint density at radius 3 is 2.30 bits per heavy atom. The number of pyridine rings is 1. The van der Waals surface area contributed by atoms with Crippen LogP contribution in [0.15, 0.2) is 18.3 Å². The zero-order valence-corrected chi connectivity index (χ0v) is 15.7. The summed E-state index contributed by atoms with van der Waals surface area (Å²) in [6.07, 6.45) is 2.10. The average molecular weight is 320 g/mol. The molecule has 23 heavy (non-hydrogen) atoms. The van der Waals surface area contributed by atoms with Gasteiger partial charge < -0.3 is 9.47 Å². The predicted molar refractivity (Wildman–Crippen MR) is 93.6 cm³/mol. The van der Waals surface area contributed by atoms with Crippen molar-refractivity contribution < 1.29 is 9.47 Å². The van der Waals surface area contributed by atoms with Gasteiger partial charge in [0.15, 0.2) is 0 Å². The van der Waals surface area contributed by atoms with Gasteiger partial charge in [-0.1, -0.05) is 20.8 Å². The molecule has 1 aliphatic heterocycles. The van der Waals surface area contributed by atoms with Crippen molar-refractivity contribution in [2.24, 2.45) is 11.3 Å². The molecule has 2 rings (SSSR count). The van der Waals surface area contributed by atoms with Crippen molar-refractivity contribution in [2.45, 2.75) is 59.8 Å². The normalized spacial score (nSPS) is 23.3. The summed E-state index contributed by atoms with van der Waals surface area (Å²) in [5.74, 6) is 1.18. The molecule has 1 aromatic rings. The maximum Gasteiger partial charge on any atom is 0.212 e. The van der Waals surface area contributed by atoms with Gasteiger partial charge in [-0.15, -0.1) is 0 Å². The maximum absolute atomic E-state index is 6.30. The van der Waals surface area contributed by atoms with Gasteiger partial charge in [-0.25, -0.2) is 4.98 Å². The van der Waals surface area contributed by atoms with Gasteiger partial charge in [-0.3, -0.25) is 4.90 Å². The van der Waals surface area contributed by atoms with Crippen molar-refractivity contribution >= 4 is 0 Å². The van der Waals surface area contributed by atoms with Gasteiger partial charge in [0.1, 0.15) is 0 Å². The molecule has 0 amide bonds. The highest BCUT2D eigenvalue weighted by Gasteiger charge is 2.43. The minimum Gasteiger partial charge on any atom is -0.481 e. The molecule has 0 aliphatic carbocycles. The average Bonchev–Trinajstić information content (AvgIpc) is 2.90. The van der Waals surface area contributed by atoms with Gasteiger partial charge in [0.2, 0.25) is 5.88 Å². The van der Waals surface area contributed by atoms with E-state index in [0.29, 0.717) is 18.4 Å². The summed E-state index contributed by atoms with van der Waals surface area (Å²) in [4.78, 5) is 6.79. The molecule has 0 spiro atoms. The molecule has 2 atom stereocenters. The molecular formula is C19H32N2O2. The van der Waals surface area contributed by atoms with E-state index in [4.69, 9.17) is 9.47 Å². The van der Waals surface area contributed by atoms with E-state index in [1.54, 1.807) is 7.11 Å². The Kier molecular flexibility index (Phi) is 5.37. The highest BCUT2D eigenvalue weighted by atomic mass is 16.5. The van der Waals surface area contributed by atoms with Crippen molar-refractivity contribution in [1.82, 2.24) is 9.88 Å². The van der Waals surface area contributed by atoms with Crippen LogP contribution in [0.25, 0.3) is 0 Å². The van der Waals surface area contributed by atoms with E-state index < -0.39 is 0 Å². The first-order chi connectivity index (χ1) is 10.6. The quantitative estimate of drug-likeness (QED) is 0.846. The van der Waals surface area contributed by atoms with Crippen LogP contribution in [-0.2, 0) is 11.3 Å². The number of hydrogen-bond donors (Lipinski definition) is 0. The van der Waals surface area contributed by atoms with Gasteiger partial charge in [0, 0.05) is 36.8 Å². The predicted octanol–water partition coefficient (Wildman–Crippen LogP) is 3.75. The van der Waals surface area contributed by atoms with Gasteiger partial charge in [0.05, 0.1) is 19.8 Å². The third-order valence-corrected chi connectivity index (χ3v) is 4.80. The van der Waals surface area contributed by atoms with Crippen LogP contribution in [-0.4, -0.2) is 41.7 Å². The molecule has 0 bridgehead atoms. The smallest absolute Gasteiger partial charge is 0.212 e. The Bertz CT molecular complexity index is 500. The second-order valence-corrected chi connectivity index (χ2v) is 8.61. The SMILES string of the molecule is COc1ccc(CO[C@H]2CN(C(C)(C)C)CC2C(C)(C)C)cn1. The Labute approximate surface area is 141 Å². The number of likely N-dealkylation sites (tertiary alicyclic amines) is 1. The number of ether oxygens (including phenoxy) is 2. The van der Waals surface area contributed by atoms with E-state index in [1.165, 1.54) is 0 Å². The van der Waals surface area contributed by atoms with Crippen molar-refractivity contribution in [2.75, 3.05) is 20.2 Å². The third kappa shape index (κ3) is 4.67. The number of rotatable bonds is 4. The molecule has 1 saturated heterocycles. The number of nitrogens with zero attached hydrogens (tertiary/aromatic N) is 2. The van der Waals surface area contributed by atoms with Crippen LogP contribution < -0.4 is 4.74 Å². The lowest BCUT2D eigenvalue weighted by atomic mass is 9.79. The Morgan fingerprint density at radius 1 is 1.13 bits per heavy atom. The summed E-state index contributed by atoms with van der Waals surface area (Å²) in [6.45, 7) is 16.5. The van der Waals surface area contributed by atoms with Gasteiger partial charge >= 0.3 is 0 Å². The van der Waals surface area contributed by atoms with Crippen LogP contribution >= 0.6 is 0 Å². The molecule has 2 heterocycles. The molecule has 0 aromatic carbocycles. The van der Waals surface area contributed by atoms with Crippen LogP contribution in [0, 0.1) is 11.3 Å². The van der Waals surface area contributed by atoms with E-state index >= 15 is 0 Å². The number of hydrogen-bond acceptors (Lipinski definition) is 4. The van der Waals surface area contributed by atoms with Crippen molar-refractivity contribution in [3.05, 3.63) is 23.9 Å². The fourth-order valence-electron chi connectivity index (χ4n) is 3.14. The molecule has 1 fully saturated rings. The van der Waals surface area contributed by atoms with Crippen LogP contribution in [0.3, 0.4) is 0 Å². The van der Waals surface area contributed by atoms with Crippen molar-refractivity contribution in [3.63, 3.8) is 0 Å². The van der Waals surface area contributed by atoms with Crippen LogP contribution in [0.4, 0.5) is 0 Å². The molecule has 130 valence electrons. The fraction of sp³-hybridized carbons (Fsp3) is 0.737. The summed E-state index contributed by atoms with van der Waals surface area (Å²) in [7, 11) is 1.63. The Balaban J connectivity index is 2.03.